The zero-order chi connectivity index (χ0) is 18.6. The van der Waals surface area contributed by atoms with Crippen LogP contribution >= 0.6 is 15.9 Å². The van der Waals surface area contributed by atoms with Crippen LogP contribution in [0.5, 0.6) is 0 Å². The molecule has 1 aromatic carbocycles. The van der Waals surface area contributed by atoms with Crippen LogP contribution < -0.4 is 10.6 Å². The molecular formula is C20H27BrN4O. The maximum atomic E-state index is 5.62. The molecule has 1 aromatic heterocycles. The van der Waals surface area contributed by atoms with Gasteiger partial charge in [-0.1, -0.05) is 34.5 Å². The van der Waals surface area contributed by atoms with Crippen LogP contribution in [-0.2, 0) is 12.0 Å². The van der Waals surface area contributed by atoms with Crippen molar-refractivity contribution in [2.24, 2.45) is 4.99 Å². The highest BCUT2D eigenvalue weighted by atomic mass is 79.9. The second-order valence-corrected chi connectivity index (χ2v) is 7.86. The average molecular weight is 419 g/mol. The van der Waals surface area contributed by atoms with E-state index >= 15 is 0 Å². The van der Waals surface area contributed by atoms with Crippen molar-refractivity contribution < 1.29 is 4.42 Å². The molecule has 0 radical (unpaired) electrons. The predicted octanol–water partition coefficient (Wildman–Crippen LogP) is 4.23. The van der Waals surface area contributed by atoms with Gasteiger partial charge in [-0.05, 0) is 51.3 Å². The van der Waals surface area contributed by atoms with Gasteiger partial charge in [-0.15, -0.1) is 0 Å². The molecule has 0 saturated heterocycles. The topological polar surface area (TPSA) is 62.5 Å². The van der Waals surface area contributed by atoms with Crippen molar-refractivity contribution in [3.8, 4) is 0 Å². The lowest BCUT2D eigenvalue weighted by molar-refractivity contribution is 0.243. The Morgan fingerprint density at radius 3 is 2.69 bits per heavy atom. The van der Waals surface area contributed by atoms with Crippen molar-refractivity contribution >= 4 is 21.9 Å². The first-order chi connectivity index (χ1) is 12.5. The molecular weight excluding hydrogens is 392 g/mol. The number of benzene rings is 1. The van der Waals surface area contributed by atoms with E-state index < -0.39 is 0 Å². The van der Waals surface area contributed by atoms with Crippen LogP contribution in [0.3, 0.4) is 0 Å². The van der Waals surface area contributed by atoms with E-state index in [0.29, 0.717) is 12.4 Å². The Morgan fingerprint density at radius 1 is 1.31 bits per heavy atom. The summed E-state index contributed by atoms with van der Waals surface area (Å²) in [6.45, 7) is 8.08. The first kappa shape index (κ1) is 19.0. The van der Waals surface area contributed by atoms with Gasteiger partial charge in [0.05, 0.1) is 5.69 Å². The summed E-state index contributed by atoms with van der Waals surface area (Å²) in [6, 6.07) is 8.67. The standard InChI is InChI=1S/C20H27BrN4O/c1-4-22-19(23-12-18-25-14(2)15(3)26-18)24-13-20(9-6-10-20)16-7-5-8-17(21)11-16/h5,7-8,11H,4,6,9-10,12-13H2,1-3H3,(H2,22,23,24). The number of aliphatic imine (C=N–C) groups is 1. The smallest absolute Gasteiger partial charge is 0.216 e. The number of hydrogen-bond donors (Lipinski definition) is 2. The summed E-state index contributed by atoms with van der Waals surface area (Å²) in [4.78, 5) is 9.04. The number of aryl methyl sites for hydroxylation is 2. The lowest BCUT2D eigenvalue weighted by atomic mass is 9.64. The SMILES string of the molecule is CCNC(=NCc1nc(C)c(C)o1)NCC1(c2cccc(Br)c2)CCC1. The molecule has 1 heterocycles. The van der Waals surface area contributed by atoms with E-state index in [0.717, 1.165) is 35.0 Å². The minimum Gasteiger partial charge on any atom is -0.444 e. The predicted molar refractivity (Wildman–Crippen MR) is 108 cm³/mol. The van der Waals surface area contributed by atoms with Crippen molar-refractivity contribution in [2.45, 2.75) is 52.0 Å². The van der Waals surface area contributed by atoms with Crippen molar-refractivity contribution in [1.29, 1.82) is 0 Å². The number of aromatic nitrogens is 1. The molecule has 0 unspecified atom stereocenters. The molecule has 3 rings (SSSR count). The highest BCUT2D eigenvalue weighted by molar-refractivity contribution is 9.10. The highest BCUT2D eigenvalue weighted by Crippen LogP contribution is 2.43. The van der Waals surface area contributed by atoms with Gasteiger partial charge in [0.1, 0.15) is 12.3 Å². The van der Waals surface area contributed by atoms with Gasteiger partial charge >= 0.3 is 0 Å². The monoisotopic (exact) mass is 418 g/mol. The van der Waals surface area contributed by atoms with Gasteiger partial charge in [-0.25, -0.2) is 9.98 Å². The first-order valence-electron chi connectivity index (χ1n) is 9.23. The third kappa shape index (κ3) is 4.29. The molecule has 0 spiro atoms. The Bertz CT molecular complexity index is 760. The molecule has 26 heavy (non-hydrogen) atoms. The van der Waals surface area contributed by atoms with E-state index in [-0.39, 0.29) is 5.41 Å². The van der Waals surface area contributed by atoms with Gasteiger partial charge < -0.3 is 15.1 Å². The van der Waals surface area contributed by atoms with Crippen molar-refractivity contribution in [1.82, 2.24) is 15.6 Å². The molecule has 6 heteroatoms. The molecule has 1 aliphatic rings. The molecule has 0 bridgehead atoms. The second kappa shape index (κ2) is 8.25. The molecule has 1 fully saturated rings. The minimum atomic E-state index is 0.191. The Hall–Kier alpha value is -1.82. The van der Waals surface area contributed by atoms with E-state index in [9.17, 15) is 0 Å². The normalized spacial score (nSPS) is 16.2. The Balaban J connectivity index is 1.68. The van der Waals surface area contributed by atoms with Crippen LogP contribution in [0.25, 0.3) is 0 Å². The van der Waals surface area contributed by atoms with Gasteiger partial charge in [0.2, 0.25) is 5.89 Å². The lowest BCUT2D eigenvalue weighted by Gasteiger charge is -2.43. The van der Waals surface area contributed by atoms with E-state index in [1.165, 1.54) is 24.8 Å². The van der Waals surface area contributed by atoms with Crippen LogP contribution in [-0.4, -0.2) is 24.0 Å². The van der Waals surface area contributed by atoms with Crippen LogP contribution in [0.4, 0.5) is 0 Å². The van der Waals surface area contributed by atoms with E-state index in [2.05, 4.69) is 67.7 Å². The van der Waals surface area contributed by atoms with Gasteiger partial charge in [0.25, 0.3) is 0 Å². The highest BCUT2D eigenvalue weighted by Gasteiger charge is 2.38. The van der Waals surface area contributed by atoms with Gasteiger partial charge in [-0.2, -0.15) is 0 Å². The Kier molecular flexibility index (Phi) is 6.01. The van der Waals surface area contributed by atoms with E-state index in [1.54, 1.807) is 0 Å². The molecule has 2 N–H and O–H groups in total. The first-order valence-corrected chi connectivity index (χ1v) is 10.0. The lowest BCUT2D eigenvalue weighted by Crippen LogP contribution is -2.48. The number of nitrogens with one attached hydrogen (secondary N) is 2. The minimum absolute atomic E-state index is 0.191. The van der Waals surface area contributed by atoms with Crippen LogP contribution in [0.1, 0.15) is 49.1 Å². The number of hydrogen-bond acceptors (Lipinski definition) is 3. The average Bonchev–Trinajstić information content (AvgIpc) is 2.90. The maximum absolute atomic E-state index is 5.62. The zero-order valence-electron chi connectivity index (χ0n) is 15.7. The second-order valence-electron chi connectivity index (χ2n) is 6.94. The summed E-state index contributed by atoms with van der Waals surface area (Å²) in [6.07, 6.45) is 3.68. The van der Waals surface area contributed by atoms with E-state index in [4.69, 9.17) is 4.42 Å². The van der Waals surface area contributed by atoms with Gasteiger partial charge in [0.15, 0.2) is 5.96 Å². The van der Waals surface area contributed by atoms with Crippen molar-refractivity contribution in [3.05, 3.63) is 51.6 Å². The summed E-state index contributed by atoms with van der Waals surface area (Å²) in [7, 11) is 0. The molecule has 0 atom stereocenters. The molecule has 0 amide bonds. The third-order valence-corrected chi connectivity index (χ3v) is 5.62. The van der Waals surface area contributed by atoms with Crippen LogP contribution in [0.15, 0.2) is 38.1 Å². The number of halogens is 1. The molecule has 140 valence electrons. The quantitative estimate of drug-likeness (QED) is 0.544. The van der Waals surface area contributed by atoms with Crippen molar-refractivity contribution in [3.63, 3.8) is 0 Å². The number of guanidine groups is 1. The third-order valence-electron chi connectivity index (χ3n) is 5.13. The fourth-order valence-corrected chi connectivity index (χ4v) is 3.74. The summed E-state index contributed by atoms with van der Waals surface area (Å²) in [5.74, 6) is 2.32. The van der Waals surface area contributed by atoms with Gasteiger partial charge in [0, 0.05) is 23.0 Å². The van der Waals surface area contributed by atoms with Crippen molar-refractivity contribution in [2.75, 3.05) is 13.1 Å². The van der Waals surface area contributed by atoms with Crippen LogP contribution in [0, 0.1) is 13.8 Å². The van der Waals surface area contributed by atoms with Crippen LogP contribution in [0.2, 0.25) is 0 Å². The summed E-state index contributed by atoms with van der Waals surface area (Å²) < 4.78 is 6.76. The maximum Gasteiger partial charge on any atom is 0.216 e. The van der Waals surface area contributed by atoms with Gasteiger partial charge in [-0.3, -0.25) is 0 Å². The van der Waals surface area contributed by atoms with E-state index in [1.807, 2.05) is 13.8 Å². The molecule has 1 saturated carbocycles. The molecule has 2 aromatic rings. The Labute approximate surface area is 163 Å². The molecule has 0 aliphatic heterocycles. The molecule has 5 nitrogen and oxygen atoms in total. The zero-order valence-corrected chi connectivity index (χ0v) is 17.3. The molecule has 1 aliphatic carbocycles. The summed E-state index contributed by atoms with van der Waals surface area (Å²) in [5, 5.41) is 6.85. The number of rotatable bonds is 6. The number of oxazole rings is 1. The fourth-order valence-electron chi connectivity index (χ4n) is 3.34. The largest absolute Gasteiger partial charge is 0.444 e. The summed E-state index contributed by atoms with van der Waals surface area (Å²) >= 11 is 3.60. The summed E-state index contributed by atoms with van der Waals surface area (Å²) in [5.41, 5.74) is 2.51. The fraction of sp³-hybridized carbons (Fsp3) is 0.500. The number of nitrogens with zero attached hydrogens (tertiary/aromatic N) is 2. The Morgan fingerprint density at radius 2 is 2.12 bits per heavy atom.